The fraction of sp³-hybridized carbons (Fsp3) is 0.300. The van der Waals surface area contributed by atoms with Crippen LogP contribution in [0.25, 0.3) is 0 Å². The van der Waals surface area contributed by atoms with Crippen molar-refractivity contribution in [2.45, 2.75) is 11.4 Å². The lowest BCUT2D eigenvalue weighted by Crippen LogP contribution is -2.37. The molecule has 0 fully saturated rings. The number of rotatable bonds is 7. The molecule has 0 atom stereocenters. The first-order valence-electron chi connectivity index (χ1n) is 8.63. The minimum absolute atomic E-state index is 0. The third-order valence-electron chi connectivity index (χ3n) is 3.77. The minimum Gasteiger partial charge on any atom is -0.356 e. The zero-order chi connectivity index (χ0) is 19.6. The number of carbonyl (C=O) groups is 1. The summed E-state index contributed by atoms with van der Waals surface area (Å²) in [5.41, 5.74) is 1.77. The highest BCUT2D eigenvalue weighted by Gasteiger charge is 2.07. The van der Waals surface area contributed by atoms with E-state index < -0.39 is 0 Å². The van der Waals surface area contributed by atoms with Crippen LogP contribution < -0.4 is 10.6 Å². The van der Waals surface area contributed by atoms with Gasteiger partial charge in [0.25, 0.3) is 5.91 Å². The van der Waals surface area contributed by atoms with E-state index in [0.717, 1.165) is 28.8 Å². The van der Waals surface area contributed by atoms with Gasteiger partial charge in [0, 0.05) is 55.5 Å². The zero-order valence-corrected chi connectivity index (χ0v) is 20.1. The summed E-state index contributed by atoms with van der Waals surface area (Å²) >= 11 is 7.65. The van der Waals surface area contributed by atoms with Gasteiger partial charge in [-0.15, -0.1) is 35.7 Å². The number of hydrogen-bond donors (Lipinski definition) is 2. The molecule has 0 heterocycles. The maximum absolute atomic E-state index is 11.9. The summed E-state index contributed by atoms with van der Waals surface area (Å²) in [6.07, 6.45) is 0. The molecule has 0 saturated carbocycles. The fourth-order valence-electron chi connectivity index (χ4n) is 2.30. The normalized spacial score (nSPS) is 10.8. The standard InChI is InChI=1S/C20H25ClN4OS.HI/c1-22-20(23-12-13-27-18-10-8-17(21)9-11-18)24-14-15-4-6-16(7-5-15)19(26)25(2)3;/h4-11H,12-14H2,1-3H3,(H2,22,23,24);1H. The Kier molecular flexibility index (Phi) is 11.3. The van der Waals surface area contributed by atoms with E-state index in [1.807, 2.05) is 48.5 Å². The lowest BCUT2D eigenvalue weighted by Gasteiger charge is -2.13. The van der Waals surface area contributed by atoms with Crippen LogP contribution in [0, 0.1) is 0 Å². The van der Waals surface area contributed by atoms with E-state index in [4.69, 9.17) is 11.6 Å². The molecule has 2 aromatic carbocycles. The Bertz CT molecular complexity index is 767. The van der Waals surface area contributed by atoms with E-state index in [1.165, 1.54) is 4.90 Å². The summed E-state index contributed by atoms with van der Waals surface area (Å²) in [5, 5.41) is 7.33. The molecule has 1 amide bonds. The molecule has 2 aromatic rings. The van der Waals surface area contributed by atoms with Crippen molar-refractivity contribution in [3.8, 4) is 0 Å². The quantitative estimate of drug-likeness (QED) is 0.185. The molecule has 0 aliphatic rings. The second-order valence-electron chi connectivity index (χ2n) is 6.05. The zero-order valence-electron chi connectivity index (χ0n) is 16.2. The average molecular weight is 533 g/mol. The molecule has 0 aromatic heterocycles. The van der Waals surface area contributed by atoms with Crippen molar-refractivity contribution >= 4 is 59.2 Å². The number of amides is 1. The number of halogens is 2. The molecule has 2 N–H and O–H groups in total. The molecule has 0 unspecified atom stereocenters. The van der Waals surface area contributed by atoms with Crippen molar-refractivity contribution in [2.75, 3.05) is 33.4 Å². The Morgan fingerprint density at radius 2 is 1.71 bits per heavy atom. The summed E-state index contributed by atoms with van der Waals surface area (Å²) in [4.78, 5) is 18.9. The minimum atomic E-state index is 0. The van der Waals surface area contributed by atoms with Gasteiger partial charge < -0.3 is 15.5 Å². The molecule has 8 heteroatoms. The largest absolute Gasteiger partial charge is 0.356 e. The Morgan fingerprint density at radius 3 is 2.29 bits per heavy atom. The lowest BCUT2D eigenvalue weighted by molar-refractivity contribution is 0.0827. The van der Waals surface area contributed by atoms with Crippen LogP contribution in [0.5, 0.6) is 0 Å². The monoisotopic (exact) mass is 532 g/mol. The number of benzene rings is 2. The van der Waals surface area contributed by atoms with Gasteiger partial charge in [-0.2, -0.15) is 0 Å². The molecule has 0 radical (unpaired) electrons. The van der Waals surface area contributed by atoms with Gasteiger partial charge in [-0.05, 0) is 42.0 Å². The highest BCUT2D eigenvalue weighted by atomic mass is 127. The van der Waals surface area contributed by atoms with Gasteiger partial charge in [-0.3, -0.25) is 9.79 Å². The molecular formula is C20H26ClIN4OS. The first kappa shape index (κ1) is 24.6. The first-order chi connectivity index (χ1) is 13.0. The van der Waals surface area contributed by atoms with Crippen molar-refractivity contribution in [1.82, 2.24) is 15.5 Å². The van der Waals surface area contributed by atoms with Crippen molar-refractivity contribution in [3.63, 3.8) is 0 Å². The van der Waals surface area contributed by atoms with Crippen LogP contribution in [-0.2, 0) is 6.54 Å². The van der Waals surface area contributed by atoms with Crippen LogP contribution in [0.2, 0.25) is 5.02 Å². The highest BCUT2D eigenvalue weighted by Crippen LogP contribution is 2.19. The Labute approximate surface area is 193 Å². The smallest absolute Gasteiger partial charge is 0.253 e. The van der Waals surface area contributed by atoms with E-state index in [0.29, 0.717) is 12.1 Å². The second-order valence-corrected chi connectivity index (χ2v) is 7.66. The maximum atomic E-state index is 11.9. The number of nitrogens with one attached hydrogen (secondary N) is 2. The van der Waals surface area contributed by atoms with E-state index in [-0.39, 0.29) is 29.9 Å². The van der Waals surface area contributed by atoms with Crippen LogP contribution in [0.3, 0.4) is 0 Å². The predicted molar refractivity (Wildman–Crippen MR) is 130 cm³/mol. The summed E-state index contributed by atoms with van der Waals surface area (Å²) < 4.78 is 0. The van der Waals surface area contributed by atoms with E-state index >= 15 is 0 Å². The van der Waals surface area contributed by atoms with Gasteiger partial charge in [0.05, 0.1) is 0 Å². The van der Waals surface area contributed by atoms with Crippen molar-refractivity contribution in [2.24, 2.45) is 4.99 Å². The fourth-order valence-corrected chi connectivity index (χ4v) is 3.19. The number of carbonyl (C=O) groups excluding carboxylic acids is 1. The van der Waals surface area contributed by atoms with E-state index in [2.05, 4.69) is 15.6 Å². The summed E-state index contributed by atoms with van der Waals surface area (Å²) in [6.45, 7) is 1.43. The Morgan fingerprint density at radius 1 is 1.07 bits per heavy atom. The molecule has 0 spiro atoms. The topological polar surface area (TPSA) is 56.7 Å². The molecule has 0 saturated heterocycles. The molecule has 152 valence electrons. The third-order valence-corrected chi connectivity index (χ3v) is 5.03. The maximum Gasteiger partial charge on any atom is 0.253 e. The van der Waals surface area contributed by atoms with Gasteiger partial charge in [0.2, 0.25) is 0 Å². The molecule has 5 nitrogen and oxygen atoms in total. The molecule has 2 rings (SSSR count). The van der Waals surface area contributed by atoms with Crippen molar-refractivity contribution in [3.05, 3.63) is 64.7 Å². The number of nitrogens with zero attached hydrogens (tertiary/aromatic N) is 2. The number of aliphatic imine (C=N–C) groups is 1. The number of thioether (sulfide) groups is 1. The molecule has 0 bridgehead atoms. The van der Waals surface area contributed by atoms with Gasteiger partial charge in [0.15, 0.2) is 5.96 Å². The second kappa shape index (κ2) is 12.9. The van der Waals surface area contributed by atoms with Crippen molar-refractivity contribution < 1.29 is 4.79 Å². The average Bonchev–Trinajstić information content (AvgIpc) is 2.68. The lowest BCUT2D eigenvalue weighted by atomic mass is 10.1. The Balaban J connectivity index is 0.00000392. The SMILES string of the molecule is CN=C(NCCSc1ccc(Cl)cc1)NCc1ccc(C(=O)N(C)C)cc1.I. The van der Waals surface area contributed by atoms with Crippen LogP contribution >= 0.6 is 47.3 Å². The van der Waals surface area contributed by atoms with Gasteiger partial charge in [-0.1, -0.05) is 23.7 Å². The summed E-state index contributed by atoms with van der Waals surface area (Å²) in [6, 6.07) is 15.4. The predicted octanol–water partition coefficient (Wildman–Crippen LogP) is 4.12. The molecule has 28 heavy (non-hydrogen) atoms. The van der Waals surface area contributed by atoms with Gasteiger partial charge in [-0.25, -0.2) is 0 Å². The Hall–Kier alpha value is -1.45. The highest BCUT2D eigenvalue weighted by molar-refractivity contribution is 14.0. The van der Waals surface area contributed by atoms with Gasteiger partial charge >= 0.3 is 0 Å². The number of guanidine groups is 1. The van der Waals surface area contributed by atoms with Crippen LogP contribution in [0.15, 0.2) is 58.4 Å². The first-order valence-corrected chi connectivity index (χ1v) is 9.99. The third kappa shape index (κ3) is 8.28. The van der Waals surface area contributed by atoms with Gasteiger partial charge in [0.1, 0.15) is 0 Å². The van der Waals surface area contributed by atoms with Crippen LogP contribution in [0.4, 0.5) is 0 Å². The van der Waals surface area contributed by atoms with E-state index in [9.17, 15) is 4.79 Å². The number of hydrogen-bond acceptors (Lipinski definition) is 3. The van der Waals surface area contributed by atoms with Crippen LogP contribution in [0.1, 0.15) is 15.9 Å². The van der Waals surface area contributed by atoms with Crippen molar-refractivity contribution in [1.29, 1.82) is 0 Å². The molecule has 0 aliphatic carbocycles. The molecular weight excluding hydrogens is 507 g/mol. The summed E-state index contributed by atoms with van der Waals surface area (Å²) in [5.74, 6) is 1.68. The summed E-state index contributed by atoms with van der Waals surface area (Å²) in [7, 11) is 5.25. The van der Waals surface area contributed by atoms with Crippen LogP contribution in [-0.4, -0.2) is 50.2 Å². The molecule has 0 aliphatic heterocycles. The van der Waals surface area contributed by atoms with E-state index in [1.54, 1.807) is 37.8 Å².